The number of H-pyrrole nitrogens is 1. The maximum absolute atomic E-state index is 11.7. The average Bonchev–Trinajstić information content (AvgIpc) is 3.30. The lowest BCUT2D eigenvalue weighted by molar-refractivity contribution is -0.105. The third-order valence-electron chi connectivity index (χ3n) is 5.47. The zero-order valence-electron chi connectivity index (χ0n) is 21.0. The summed E-state index contributed by atoms with van der Waals surface area (Å²) in [6.45, 7) is 10.4. The van der Waals surface area contributed by atoms with Crippen LogP contribution < -0.4 is 10.1 Å². The van der Waals surface area contributed by atoms with E-state index in [2.05, 4.69) is 60.3 Å². The van der Waals surface area contributed by atoms with E-state index in [1.807, 2.05) is 43.3 Å². The van der Waals surface area contributed by atoms with E-state index in [9.17, 15) is 9.00 Å². The molecule has 35 heavy (non-hydrogen) atoms. The van der Waals surface area contributed by atoms with Crippen LogP contribution in [0.4, 0.5) is 5.82 Å². The number of hydrogen-bond acceptors (Lipinski definition) is 5. The SMILES string of the molecule is CC(C)(C)c1cc(NC=O)n[nH]1.CCc1ccc(Oc2ccnc3ccc(S(C)=O)cc23)c(C)c1. The first-order chi connectivity index (χ1) is 16.6. The number of pyridine rings is 1. The van der Waals surface area contributed by atoms with Gasteiger partial charge in [-0.05, 0) is 54.8 Å². The van der Waals surface area contributed by atoms with Crippen molar-refractivity contribution in [1.82, 2.24) is 15.2 Å². The van der Waals surface area contributed by atoms with E-state index in [0.29, 0.717) is 12.2 Å². The Hall–Kier alpha value is -3.52. The summed E-state index contributed by atoms with van der Waals surface area (Å²) >= 11 is 0. The lowest BCUT2D eigenvalue weighted by atomic mass is 9.92. The van der Waals surface area contributed by atoms with Gasteiger partial charge in [-0.1, -0.05) is 39.8 Å². The van der Waals surface area contributed by atoms with E-state index in [0.717, 1.165) is 45.0 Å². The van der Waals surface area contributed by atoms with Crippen LogP contribution in [-0.2, 0) is 27.4 Å². The molecule has 0 aliphatic carbocycles. The second-order valence-corrected chi connectivity index (χ2v) is 10.6. The van der Waals surface area contributed by atoms with Crippen LogP contribution in [0.1, 0.15) is 44.5 Å². The molecule has 0 fully saturated rings. The molecule has 184 valence electrons. The number of aromatic amines is 1. The lowest BCUT2D eigenvalue weighted by Crippen LogP contribution is -2.11. The highest BCUT2D eigenvalue weighted by Gasteiger charge is 2.16. The summed E-state index contributed by atoms with van der Waals surface area (Å²) in [5, 5.41) is 10.1. The Morgan fingerprint density at radius 3 is 2.46 bits per heavy atom. The summed E-state index contributed by atoms with van der Waals surface area (Å²) < 4.78 is 17.9. The van der Waals surface area contributed by atoms with Gasteiger partial charge in [0, 0.05) is 50.7 Å². The summed E-state index contributed by atoms with van der Waals surface area (Å²) in [4.78, 5) is 15.2. The van der Waals surface area contributed by atoms with Crippen LogP contribution >= 0.6 is 0 Å². The van der Waals surface area contributed by atoms with Crippen LogP contribution in [0.5, 0.6) is 11.5 Å². The molecule has 0 aliphatic heterocycles. The summed E-state index contributed by atoms with van der Waals surface area (Å²) in [6, 6.07) is 15.5. The van der Waals surface area contributed by atoms with Crippen molar-refractivity contribution in [3.63, 3.8) is 0 Å². The van der Waals surface area contributed by atoms with Crippen LogP contribution in [0.15, 0.2) is 59.6 Å². The molecular weight excluding hydrogens is 460 g/mol. The number of carbonyl (C=O) groups is 1. The predicted octanol–water partition coefficient (Wildman–Crippen LogP) is 5.91. The third-order valence-corrected chi connectivity index (χ3v) is 6.38. The van der Waals surface area contributed by atoms with Crippen LogP contribution in [0.2, 0.25) is 0 Å². The molecule has 1 atom stereocenters. The highest BCUT2D eigenvalue weighted by Crippen LogP contribution is 2.32. The molecule has 0 saturated heterocycles. The fourth-order valence-electron chi connectivity index (χ4n) is 3.37. The fourth-order valence-corrected chi connectivity index (χ4v) is 3.92. The van der Waals surface area contributed by atoms with Gasteiger partial charge in [0.1, 0.15) is 11.5 Å². The first-order valence-corrected chi connectivity index (χ1v) is 12.9. The zero-order valence-corrected chi connectivity index (χ0v) is 21.8. The van der Waals surface area contributed by atoms with E-state index < -0.39 is 10.8 Å². The predicted molar refractivity (Wildman–Crippen MR) is 142 cm³/mol. The van der Waals surface area contributed by atoms with E-state index in [1.54, 1.807) is 12.5 Å². The lowest BCUT2D eigenvalue weighted by Gasteiger charge is -2.14. The minimum Gasteiger partial charge on any atom is -0.456 e. The highest BCUT2D eigenvalue weighted by molar-refractivity contribution is 7.84. The molecule has 0 bridgehead atoms. The van der Waals surface area contributed by atoms with Crippen molar-refractivity contribution in [3.05, 3.63) is 71.5 Å². The molecule has 0 saturated carbocycles. The fraction of sp³-hybridized carbons (Fsp3) is 0.296. The maximum atomic E-state index is 11.7. The molecule has 2 N–H and O–H groups in total. The van der Waals surface area contributed by atoms with Crippen molar-refractivity contribution in [2.45, 2.75) is 51.3 Å². The summed E-state index contributed by atoms with van der Waals surface area (Å²) in [5.74, 6) is 2.13. The first kappa shape index (κ1) is 26.1. The van der Waals surface area contributed by atoms with E-state index >= 15 is 0 Å². The summed E-state index contributed by atoms with van der Waals surface area (Å²) in [5.41, 5.74) is 4.27. The Labute approximate surface area is 208 Å². The number of nitrogens with zero attached hydrogens (tertiary/aromatic N) is 2. The third kappa shape index (κ3) is 6.76. The largest absolute Gasteiger partial charge is 0.456 e. The van der Waals surface area contributed by atoms with Crippen molar-refractivity contribution in [2.75, 3.05) is 11.6 Å². The van der Waals surface area contributed by atoms with Crippen LogP contribution in [0.3, 0.4) is 0 Å². The number of hydrogen-bond donors (Lipinski definition) is 2. The van der Waals surface area contributed by atoms with Gasteiger partial charge in [-0.2, -0.15) is 5.10 Å². The molecular formula is C27H32N4O3S. The van der Waals surface area contributed by atoms with Gasteiger partial charge < -0.3 is 10.1 Å². The highest BCUT2D eigenvalue weighted by atomic mass is 32.2. The number of nitrogens with one attached hydrogen (secondary N) is 2. The Morgan fingerprint density at radius 2 is 1.86 bits per heavy atom. The number of aromatic nitrogens is 3. The Bertz CT molecular complexity index is 1340. The number of amides is 1. The van der Waals surface area contributed by atoms with Gasteiger partial charge in [-0.3, -0.25) is 19.1 Å². The first-order valence-electron chi connectivity index (χ1n) is 11.4. The molecule has 0 aliphatic rings. The molecule has 2 aromatic heterocycles. The number of fused-ring (bicyclic) bond motifs is 1. The number of ether oxygens (including phenoxy) is 1. The molecule has 2 aromatic carbocycles. The molecule has 1 amide bonds. The van der Waals surface area contributed by atoms with Gasteiger partial charge in [0.15, 0.2) is 5.82 Å². The zero-order chi connectivity index (χ0) is 25.6. The van der Waals surface area contributed by atoms with Gasteiger partial charge in [0.05, 0.1) is 5.52 Å². The number of benzene rings is 2. The number of aryl methyl sites for hydroxylation is 2. The van der Waals surface area contributed by atoms with E-state index in [1.165, 1.54) is 5.56 Å². The number of carbonyl (C=O) groups excluding carboxylic acids is 1. The monoisotopic (exact) mass is 492 g/mol. The Kier molecular flexibility index (Phi) is 8.40. The number of anilines is 1. The van der Waals surface area contributed by atoms with Crippen LogP contribution in [0.25, 0.3) is 10.9 Å². The topological polar surface area (TPSA) is 97.0 Å². The molecule has 4 rings (SSSR count). The molecule has 8 heteroatoms. The quantitative estimate of drug-likeness (QED) is 0.326. The van der Waals surface area contributed by atoms with Crippen molar-refractivity contribution in [2.24, 2.45) is 0 Å². The average molecular weight is 493 g/mol. The van der Waals surface area contributed by atoms with E-state index in [4.69, 9.17) is 4.74 Å². The van der Waals surface area contributed by atoms with Gasteiger partial charge in [0.2, 0.25) is 6.41 Å². The normalized spacial score (nSPS) is 11.9. The van der Waals surface area contributed by atoms with Gasteiger partial charge in [-0.25, -0.2) is 0 Å². The maximum Gasteiger partial charge on any atom is 0.212 e. The van der Waals surface area contributed by atoms with Crippen LogP contribution in [0, 0.1) is 6.92 Å². The summed E-state index contributed by atoms with van der Waals surface area (Å²) in [6.07, 6.45) is 5.02. The minimum absolute atomic E-state index is 0.0375. The van der Waals surface area contributed by atoms with Crippen molar-refractivity contribution in [3.8, 4) is 11.5 Å². The second-order valence-electron chi connectivity index (χ2n) is 9.18. The number of rotatable bonds is 6. The molecule has 1 unspecified atom stereocenters. The van der Waals surface area contributed by atoms with Crippen LogP contribution in [-0.4, -0.2) is 32.1 Å². The van der Waals surface area contributed by atoms with Crippen molar-refractivity contribution >= 4 is 33.9 Å². The molecule has 4 aromatic rings. The van der Waals surface area contributed by atoms with Crippen molar-refractivity contribution in [1.29, 1.82) is 0 Å². The Balaban J connectivity index is 0.000000241. The standard InChI is InChI=1S/C19H19NO2S.C8H13N3O/c1-4-14-5-8-18(13(2)11-14)22-19-9-10-20-17-7-6-15(23(3)21)12-16(17)19;1-8(2,3)6-4-7(9-5-12)11-10-6/h5-12H,4H2,1-3H3;4-5H,1-3H3,(H2,9,10,11,12). The van der Waals surface area contributed by atoms with Crippen molar-refractivity contribution < 1.29 is 13.7 Å². The van der Waals surface area contributed by atoms with Gasteiger partial charge >= 0.3 is 0 Å². The molecule has 2 heterocycles. The molecule has 7 nitrogen and oxygen atoms in total. The van der Waals surface area contributed by atoms with Gasteiger partial charge in [-0.15, -0.1) is 0 Å². The van der Waals surface area contributed by atoms with E-state index in [-0.39, 0.29) is 5.41 Å². The second kappa shape index (κ2) is 11.3. The molecule has 0 spiro atoms. The Morgan fingerprint density at radius 1 is 1.09 bits per heavy atom. The van der Waals surface area contributed by atoms with Gasteiger partial charge in [0.25, 0.3) is 0 Å². The summed E-state index contributed by atoms with van der Waals surface area (Å²) in [7, 11) is -1.03. The molecule has 0 radical (unpaired) electrons. The smallest absolute Gasteiger partial charge is 0.212 e. The minimum atomic E-state index is -1.03.